The molecular formula is C26H36N2O4. The predicted octanol–water partition coefficient (Wildman–Crippen LogP) is 2.78. The molecule has 0 amide bonds. The van der Waals surface area contributed by atoms with Gasteiger partial charge in [0.25, 0.3) is 0 Å². The van der Waals surface area contributed by atoms with Gasteiger partial charge in [-0.05, 0) is 62.1 Å². The van der Waals surface area contributed by atoms with E-state index < -0.39 is 11.2 Å². The summed E-state index contributed by atoms with van der Waals surface area (Å²) in [6.45, 7) is 8.35. The summed E-state index contributed by atoms with van der Waals surface area (Å²) in [5.74, 6) is 0.747. The van der Waals surface area contributed by atoms with Crippen LogP contribution in [-0.2, 0) is 4.74 Å². The van der Waals surface area contributed by atoms with Crippen LogP contribution in [0.25, 0.3) is 0 Å². The first-order chi connectivity index (χ1) is 15.3. The Morgan fingerprint density at radius 1 is 0.938 bits per heavy atom. The Labute approximate surface area is 191 Å². The Hall–Kier alpha value is -2.12. The summed E-state index contributed by atoms with van der Waals surface area (Å²) in [4.78, 5) is 4.48. The summed E-state index contributed by atoms with van der Waals surface area (Å²) < 4.78 is 11.6. The van der Waals surface area contributed by atoms with Gasteiger partial charge in [0.15, 0.2) is 0 Å². The van der Waals surface area contributed by atoms with Crippen LogP contribution in [-0.4, -0.2) is 78.9 Å². The summed E-state index contributed by atoms with van der Waals surface area (Å²) in [6, 6.07) is 16.4. The van der Waals surface area contributed by atoms with Crippen molar-refractivity contribution < 1.29 is 19.7 Å². The number of hydrogen-bond donors (Lipinski definition) is 2. The van der Waals surface area contributed by atoms with E-state index in [1.165, 1.54) is 11.3 Å². The fraction of sp³-hybridized carbons (Fsp3) is 0.538. The zero-order valence-electron chi connectivity index (χ0n) is 19.3. The van der Waals surface area contributed by atoms with Crippen LogP contribution in [0.1, 0.15) is 24.0 Å². The van der Waals surface area contributed by atoms with Gasteiger partial charge in [0.05, 0.1) is 18.8 Å². The molecule has 2 aliphatic heterocycles. The third-order valence-corrected chi connectivity index (χ3v) is 6.52. The molecule has 2 aliphatic rings. The Kier molecular flexibility index (Phi) is 7.05. The predicted molar refractivity (Wildman–Crippen MR) is 126 cm³/mol. The molecule has 0 bridgehead atoms. The van der Waals surface area contributed by atoms with Crippen LogP contribution in [0.5, 0.6) is 5.75 Å². The van der Waals surface area contributed by atoms with Crippen LogP contribution >= 0.6 is 0 Å². The maximum Gasteiger partial charge on any atom is 0.134 e. The Balaban J connectivity index is 1.33. The molecule has 0 aliphatic carbocycles. The molecule has 4 rings (SSSR count). The lowest BCUT2D eigenvalue weighted by atomic mass is 9.90. The first-order valence-corrected chi connectivity index (χ1v) is 11.6. The molecule has 32 heavy (non-hydrogen) atoms. The van der Waals surface area contributed by atoms with E-state index in [1.807, 2.05) is 31.2 Å². The lowest BCUT2D eigenvalue weighted by Crippen LogP contribution is -2.55. The van der Waals surface area contributed by atoms with Crippen LogP contribution in [0.3, 0.4) is 0 Å². The molecule has 2 saturated heterocycles. The Morgan fingerprint density at radius 2 is 1.66 bits per heavy atom. The van der Waals surface area contributed by atoms with Crippen molar-refractivity contribution in [2.45, 2.75) is 37.9 Å². The molecule has 2 aromatic rings. The van der Waals surface area contributed by atoms with E-state index in [4.69, 9.17) is 9.47 Å². The second kappa shape index (κ2) is 9.79. The number of anilines is 1. The van der Waals surface area contributed by atoms with Crippen LogP contribution in [0.4, 0.5) is 5.69 Å². The van der Waals surface area contributed by atoms with Crippen LogP contribution < -0.4 is 9.64 Å². The smallest absolute Gasteiger partial charge is 0.134 e. The molecular weight excluding hydrogens is 404 g/mol. The number of β-amino-alcohol motifs (C(OH)–C–C–N with tert-alkyl or cyclic N) is 2. The minimum Gasteiger partial charge on any atom is -0.490 e. The van der Waals surface area contributed by atoms with Crippen molar-refractivity contribution in [1.29, 1.82) is 0 Å². The van der Waals surface area contributed by atoms with E-state index in [0.717, 1.165) is 24.4 Å². The normalized spacial score (nSPS) is 24.2. The van der Waals surface area contributed by atoms with Gasteiger partial charge in [0.2, 0.25) is 0 Å². The molecule has 6 nitrogen and oxygen atoms in total. The van der Waals surface area contributed by atoms with E-state index in [2.05, 4.69) is 41.0 Å². The lowest BCUT2D eigenvalue weighted by molar-refractivity contribution is -0.0742. The van der Waals surface area contributed by atoms with Crippen LogP contribution in [0.2, 0.25) is 0 Å². The summed E-state index contributed by atoms with van der Waals surface area (Å²) in [6.07, 6.45) is 1.41. The van der Waals surface area contributed by atoms with Gasteiger partial charge in [0.1, 0.15) is 18.0 Å². The summed E-state index contributed by atoms with van der Waals surface area (Å²) in [5, 5.41) is 22.5. The van der Waals surface area contributed by atoms with Gasteiger partial charge in [0, 0.05) is 38.4 Å². The van der Waals surface area contributed by atoms with Crippen molar-refractivity contribution in [3.63, 3.8) is 0 Å². The van der Waals surface area contributed by atoms with E-state index in [1.54, 1.807) is 0 Å². The lowest BCUT2D eigenvalue weighted by Gasteiger charge is -2.42. The highest BCUT2D eigenvalue weighted by atomic mass is 16.5. The fourth-order valence-electron chi connectivity index (χ4n) is 4.72. The first kappa shape index (κ1) is 23.1. The maximum atomic E-state index is 11.3. The van der Waals surface area contributed by atoms with Gasteiger partial charge in [-0.25, -0.2) is 0 Å². The molecule has 0 aromatic heterocycles. The molecule has 1 unspecified atom stereocenters. The average Bonchev–Trinajstić information content (AvgIpc) is 2.94. The molecule has 174 valence electrons. The highest BCUT2D eigenvalue weighted by Crippen LogP contribution is 2.28. The minimum atomic E-state index is -1.11. The Bertz CT molecular complexity index is 897. The van der Waals surface area contributed by atoms with Gasteiger partial charge >= 0.3 is 0 Å². The van der Waals surface area contributed by atoms with Crippen molar-refractivity contribution in [2.24, 2.45) is 0 Å². The zero-order chi connectivity index (χ0) is 22.6. The molecule has 0 saturated carbocycles. The van der Waals surface area contributed by atoms with Crippen molar-refractivity contribution in [2.75, 3.05) is 57.4 Å². The van der Waals surface area contributed by atoms with E-state index >= 15 is 0 Å². The molecule has 2 heterocycles. The van der Waals surface area contributed by atoms with Crippen molar-refractivity contribution in [3.05, 3.63) is 59.7 Å². The second-order valence-corrected chi connectivity index (χ2v) is 9.64. The summed E-state index contributed by atoms with van der Waals surface area (Å²) in [7, 11) is 0. The average molecular weight is 441 g/mol. The fourth-order valence-corrected chi connectivity index (χ4v) is 4.72. The number of piperidine rings is 1. The molecule has 2 aromatic carbocycles. The number of nitrogens with zero attached hydrogens (tertiary/aromatic N) is 2. The molecule has 1 atom stereocenters. The third-order valence-electron chi connectivity index (χ3n) is 6.52. The monoisotopic (exact) mass is 440 g/mol. The van der Waals surface area contributed by atoms with Gasteiger partial charge in [-0.3, -0.25) is 4.90 Å². The molecule has 2 N–H and O–H groups in total. The highest BCUT2D eigenvalue weighted by molar-refractivity contribution is 5.48. The summed E-state index contributed by atoms with van der Waals surface area (Å²) >= 11 is 0. The number of ether oxygens (including phenoxy) is 2. The van der Waals surface area contributed by atoms with Gasteiger partial charge < -0.3 is 24.6 Å². The minimum absolute atomic E-state index is 0.159. The third kappa shape index (κ3) is 6.01. The molecule has 0 radical (unpaired) electrons. The topological polar surface area (TPSA) is 65.4 Å². The first-order valence-electron chi connectivity index (χ1n) is 11.6. The van der Waals surface area contributed by atoms with Crippen LogP contribution in [0, 0.1) is 13.8 Å². The van der Waals surface area contributed by atoms with Crippen molar-refractivity contribution in [1.82, 2.24) is 4.90 Å². The number of aryl methyl sites for hydroxylation is 2. The second-order valence-electron chi connectivity index (χ2n) is 9.64. The number of benzene rings is 2. The number of hydrogen-bond acceptors (Lipinski definition) is 6. The Morgan fingerprint density at radius 3 is 2.38 bits per heavy atom. The van der Waals surface area contributed by atoms with Crippen molar-refractivity contribution >= 4 is 5.69 Å². The van der Waals surface area contributed by atoms with Gasteiger partial charge in [-0.1, -0.05) is 24.3 Å². The van der Waals surface area contributed by atoms with E-state index in [-0.39, 0.29) is 13.2 Å². The van der Waals surface area contributed by atoms with Gasteiger partial charge in [-0.2, -0.15) is 0 Å². The van der Waals surface area contributed by atoms with Crippen molar-refractivity contribution in [3.8, 4) is 5.75 Å². The maximum absolute atomic E-state index is 11.3. The SMILES string of the molecule is Cc1cccc(OCC2(O)COCCN(CC3(O)CCN(c4cccc(C)c4)CC3)C2)c1. The molecule has 2 fully saturated rings. The number of aliphatic hydroxyl groups is 2. The number of rotatable bonds is 6. The van der Waals surface area contributed by atoms with Crippen LogP contribution in [0.15, 0.2) is 48.5 Å². The van der Waals surface area contributed by atoms with Gasteiger partial charge in [-0.15, -0.1) is 0 Å². The molecule has 0 spiro atoms. The van der Waals surface area contributed by atoms with E-state index in [9.17, 15) is 10.2 Å². The standard InChI is InChI=1S/C26H36N2O4/c1-21-5-3-7-23(15-21)28-11-9-25(29,10-12-28)17-27-13-14-31-19-26(30,18-27)20-32-24-8-4-6-22(2)16-24/h3-8,15-16,29-30H,9-14,17-20H2,1-2H3. The highest BCUT2D eigenvalue weighted by Gasteiger charge is 2.39. The zero-order valence-corrected chi connectivity index (χ0v) is 19.3. The summed E-state index contributed by atoms with van der Waals surface area (Å²) in [5.41, 5.74) is 1.72. The van der Waals surface area contributed by atoms with E-state index in [0.29, 0.717) is 39.1 Å². The largest absolute Gasteiger partial charge is 0.490 e. The quantitative estimate of drug-likeness (QED) is 0.720. The molecule has 6 heteroatoms.